The third-order valence-electron chi connectivity index (χ3n) is 5.92. The summed E-state index contributed by atoms with van der Waals surface area (Å²) in [5.74, 6) is -0.198. The van der Waals surface area contributed by atoms with Gasteiger partial charge in [-0.05, 0) is 69.2 Å². The number of hydrogen-bond donors (Lipinski definition) is 2. The van der Waals surface area contributed by atoms with Crippen molar-refractivity contribution < 1.29 is 14.4 Å². The second-order valence-electron chi connectivity index (χ2n) is 8.24. The number of anilines is 2. The lowest BCUT2D eigenvalue weighted by Crippen LogP contribution is -2.31. The van der Waals surface area contributed by atoms with E-state index in [2.05, 4.69) is 10.6 Å². The van der Waals surface area contributed by atoms with Gasteiger partial charge in [-0.25, -0.2) is 0 Å². The molecule has 0 aromatic heterocycles. The molecule has 3 amide bonds. The third kappa shape index (κ3) is 6.81. The van der Waals surface area contributed by atoms with E-state index in [0.29, 0.717) is 29.9 Å². The zero-order chi connectivity index (χ0) is 23.6. The van der Waals surface area contributed by atoms with Gasteiger partial charge in [0, 0.05) is 48.7 Å². The Morgan fingerprint density at radius 1 is 0.848 bits per heavy atom. The van der Waals surface area contributed by atoms with Crippen molar-refractivity contribution >= 4 is 29.1 Å². The van der Waals surface area contributed by atoms with E-state index in [9.17, 15) is 14.4 Å². The van der Waals surface area contributed by atoms with Crippen LogP contribution in [0.5, 0.6) is 0 Å². The molecule has 33 heavy (non-hydrogen) atoms. The van der Waals surface area contributed by atoms with Crippen LogP contribution in [0.1, 0.15) is 60.2 Å². The van der Waals surface area contributed by atoms with Crippen molar-refractivity contribution in [3.8, 4) is 0 Å². The molecule has 0 unspecified atom stereocenters. The molecule has 7 heteroatoms. The lowest BCUT2D eigenvalue weighted by atomic mass is 10.1. The second-order valence-corrected chi connectivity index (χ2v) is 8.24. The molecule has 1 fully saturated rings. The largest absolute Gasteiger partial charge is 0.376 e. The van der Waals surface area contributed by atoms with E-state index < -0.39 is 0 Å². The van der Waals surface area contributed by atoms with E-state index in [4.69, 9.17) is 0 Å². The number of carbonyl (C=O) groups excluding carboxylic acids is 3. The Balaban J connectivity index is 1.52. The summed E-state index contributed by atoms with van der Waals surface area (Å²) in [6, 6.07) is 14.2. The fourth-order valence-electron chi connectivity index (χ4n) is 4.00. The molecule has 2 aromatic rings. The second kappa shape index (κ2) is 12.0. The Bertz CT molecular complexity index is 946. The van der Waals surface area contributed by atoms with Gasteiger partial charge in [0.25, 0.3) is 11.8 Å². The molecular weight excluding hydrogens is 416 g/mol. The molecule has 0 atom stereocenters. The van der Waals surface area contributed by atoms with Crippen LogP contribution >= 0.6 is 0 Å². The highest BCUT2D eigenvalue weighted by molar-refractivity contribution is 5.98. The lowest BCUT2D eigenvalue weighted by Gasteiger charge is -2.20. The van der Waals surface area contributed by atoms with E-state index in [1.807, 2.05) is 30.9 Å². The molecule has 1 aliphatic rings. The van der Waals surface area contributed by atoms with Crippen LogP contribution in [0.2, 0.25) is 0 Å². The van der Waals surface area contributed by atoms with Gasteiger partial charge in [0.05, 0.1) is 6.54 Å². The van der Waals surface area contributed by atoms with Crippen LogP contribution in [-0.2, 0) is 4.79 Å². The Kier molecular flexibility index (Phi) is 8.87. The molecule has 0 bridgehead atoms. The van der Waals surface area contributed by atoms with Gasteiger partial charge >= 0.3 is 0 Å². The Hall–Kier alpha value is -3.35. The SMILES string of the molecule is CCN(CC)C(=O)c1cccc(NC(=O)CNc2ccc(C(=O)N3CCCCCC3)cc2)c1. The van der Waals surface area contributed by atoms with E-state index >= 15 is 0 Å². The maximum Gasteiger partial charge on any atom is 0.253 e. The summed E-state index contributed by atoms with van der Waals surface area (Å²) in [4.78, 5) is 41.3. The summed E-state index contributed by atoms with van der Waals surface area (Å²) < 4.78 is 0. The van der Waals surface area contributed by atoms with Crippen molar-refractivity contribution in [1.29, 1.82) is 0 Å². The first-order chi connectivity index (χ1) is 16.0. The van der Waals surface area contributed by atoms with Crippen molar-refractivity contribution in [2.24, 2.45) is 0 Å². The fourth-order valence-corrected chi connectivity index (χ4v) is 4.00. The van der Waals surface area contributed by atoms with Crippen LogP contribution < -0.4 is 10.6 Å². The van der Waals surface area contributed by atoms with Crippen molar-refractivity contribution in [1.82, 2.24) is 9.80 Å². The molecule has 2 N–H and O–H groups in total. The van der Waals surface area contributed by atoms with Crippen LogP contribution in [0.3, 0.4) is 0 Å². The minimum absolute atomic E-state index is 0.0518. The number of likely N-dealkylation sites (tertiary alicyclic amines) is 1. The van der Waals surface area contributed by atoms with Gasteiger partial charge in [-0.1, -0.05) is 18.9 Å². The fraction of sp³-hybridized carbons (Fsp3) is 0.423. The van der Waals surface area contributed by atoms with Crippen LogP contribution in [0.25, 0.3) is 0 Å². The summed E-state index contributed by atoms with van der Waals surface area (Å²) in [5.41, 5.74) is 2.57. The first kappa shape index (κ1) is 24.3. The van der Waals surface area contributed by atoms with E-state index in [1.165, 1.54) is 12.8 Å². The van der Waals surface area contributed by atoms with Gasteiger partial charge < -0.3 is 20.4 Å². The van der Waals surface area contributed by atoms with Gasteiger partial charge in [0.1, 0.15) is 0 Å². The molecule has 3 rings (SSSR count). The van der Waals surface area contributed by atoms with Gasteiger partial charge in [0.2, 0.25) is 5.91 Å². The van der Waals surface area contributed by atoms with E-state index in [-0.39, 0.29) is 24.3 Å². The molecule has 7 nitrogen and oxygen atoms in total. The standard InChI is InChI=1S/C26H34N4O3/c1-3-29(4-2)26(33)21-10-9-11-23(18-21)28-24(31)19-27-22-14-12-20(13-15-22)25(32)30-16-7-5-6-8-17-30/h9-15,18,27H,3-8,16-17,19H2,1-2H3,(H,28,31). The third-order valence-corrected chi connectivity index (χ3v) is 5.92. The maximum absolute atomic E-state index is 12.7. The van der Waals surface area contributed by atoms with Crippen molar-refractivity contribution in [2.45, 2.75) is 39.5 Å². The smallest absolute Gasteiger partial charge is 0.253 e. The monoisotopic (exact) mass is 450 g/mol. The minimum atomic E-state index is -0.216. The van der Waals surface area contributed by atoms with Gasteiger partial charge in [-0.3, -0.25) is 14.4 Å². The summed E-state index contributed by atoms with van der Waals surface area (Å²) in [7, 11) is 0. The molecule has 176 valence electrons. The zero-order valence-corrected chi connectivity index (χ0v) is 19.6. The molecule has 0 radical (unpaired) electrons. The average Bonchev–Trinajstić information content (AvgIpc) is 3.13. The lowest BCUT2D eigenvalue weighted by molar-refractivity contribution is -0.114. The maximum atomic E-state index is 12.7. The number of rotatable bonds is 8. The number of amides is 3. The van der Waals surface area contributed by atoms with Crippen LogP contribution in [0, 0.1) is 0 Å². The number of benzene rings is 2. The number of nitrogens with one attached hydrogen (secondary N) is 2. The summed E-state index contributed by atoms with van der Waals surface area (Å²) >= 11 is 0. The quantitative estimate of drug-likeness (QED) is 0.630. The van der Waals surface area contributed by atoms with Gasteiger partial charge in [0.15, 0.2) is 0 Å². The highest BCUT2D eigenvalue weighted by Gasteiger charge is 2.17. The predicted molar refractivity (Wildman–Crippen MR) is 132 cm³/mol. The Morgan fingerprint density at radius 3 is 2.15 bits per heavy atom. The van der Waals surface area contributed by atoms with Gasteiger partial charge in [-0.2, -0.15) is 0 Å². The number of hydrogen-bond acceptors (Lipinski definition) is 4. The topological polar surface area (TPSA) is 81.8 Å². The zero-order valence-electron chi connectivity index (χ0n) is 19.6. The normalized spacial score (nSPS) is 13.7. The highest BCUT2D eigenvalue weighted by atomic mass is 16.2. The van der Waals surface area contributed by atoms with E-state index in [0.717, 1.165) is 31.6 Å². The van der Waals surface area contributed by atoms with Crippen LogP contribution in [-0.4, -0.2) is 60.2 Å². The molecule has 0 spiro atoms. The van der Waals surface area contributed by atoms with Crippen LogP contribution in [0.4, 0.5) is 11.4 Å². The summed E-state index contributed by atoms with van der Waals surface area (Å²) in [6.07, 6.45) is 4.50. The first-order valence-electron chi connectivity index (χ1n) is 11.8. The first-order valence-corrected chi connectivity index (χ1v) is 11.8. The average molecular weight is 451 g/mol. The van der Waals surface area contributed by atoms with E-state index in [1.54, 1.807) is 41.3 Å². The predicted octanol–water partition coefficient (Wildman–Crippen LogP) is 4.24. The molecule has 1 aliphatic heterocycles. The molecule has 1 saturated heterocycles. The minimum Gasteiger partial charge on any atom is -0.376 e. The van der Waals surface area contributed by atoms with Crippen molar-refractivity contribution in [2.75, 3.05) is 43.4 Å². The molecular formula is C26H34N4O3. The van der Waals surface area contributed by atoms with Crippen molar-refractivity contribution in [3.05, 3.63) is 59.7 Å². The summed E-state index contributed by atoms with van der Waals surface area (Å²) in [5, 5.41) is 5.91. The molecule has 2 aromatic carbocycles. The van der Waals surface area contributed by atoms with Gasteiger partial charge in [-0.15, -0.1) is 0 Å². The molecule has 1 heterocycles. The van der Waals surface area contributed by atoms with Crippen LogP contribution in [0.15, 0.2) is 48.5 Å². The number of carbonyl (C=O) groups is 3. The summed E-state index contributed by atoms with van der Waals surface area (Å²) in [6.45, 7) is 6.87. The highest BCUT2D eigenvalue weighted by Crippen LogP contribution is 2.16. The number of nitrogens with zero attached hydrogens (tertiary/aromatic N) is 2. The Labute approximate surface area is 196 Å². The Morgan fingerprint density at radius 2 is 1.52 bits per heavy atom. The van der Waals surface area contributed by atoms with Crippen molar-refractivity contribution in [3.63, 3.8) is 0 Å². The molecule has 0 aliphatic carbocycles. The molecule has 0 saturated carbocycles.